The number of hydrogen-bond acceptors (Lipinski definition) is 1. The van der Waals surface area contributed by atoms with Gasteiger partial charge in [-0.05, 0) is 29.9 Å². The lowest BCUT2D eigenvalue weighted by Crippen LogP contribution is -2.25. The third-order valence-corrected chi connectivity index (χ3v) is 3.45. The van der Waals surface area contributed by atoms with E-state index < -0.39 is 0 Å². The van der Waals surface area contributed by atoms with Crippen molar-refractivity contribution in [2.45, 2.75) is 45.4 Å². The zero-order valence-corrected chi connectivity index (χ0v) is 10.2. The fourth-order valence-corrected chi connectivity index (χ4v) is 2.40. The first-order chi connectivity index (χ1) is 7.68. The molecule has 1 heteroatoms. The van der Waals surface area contributed by atoms with Gasteiger partial charge in [0.25, 0.3) is 0 Å². The minimum atomic E-state index is 0.211. The predicted molar refractivity (Wildman–Crippen MR) is 66.6 cm³/mol. The molecule has 0 fully saturated rings. The van der Waals surface area contributed by atoms with Crippen LogP contribution >= 0.6 is 0 Å². The van der Waals surface area contributed by atoms with Crippen molar-refractivity contribution in [3.63, 3.8) is 0 Å². The SMILES string of the molecule is CC(C)CCCC(=O)C1Cc2ccccc21. The maximum Gasteiger partial charge on any atom is 0.140 e. The highest BCUT2D eigenvalue weighted by molar-refractivity contribution is 5.88. The molecule has 1 unspecified atom stereocenters. The molecule has 16 heavy (non-hydrogen) atoms. The monoisotopic (exact) mass is 216 g/mol. The highest BCUT2D eigenvalue weighted by Gasteiger charge is 2.30. The van der Waals surface area contributed by atoms with E-state index in [2.05, 4.69) is 32.0 Å². The van der Waals surface area contributed by atoms with E-state index in [1.54, 1.807) is 0 Å². The van der Waals surface area contributed by atoms with Gasteiger partial charge < -0.3 is 0 Å². The number of carbonyl (C=O) groups excluding carboxylic acids is 1. The molecule has 0 N–H and O–H groups in total. The van der Waals surface area contributed by atoms with Gasteiger partial charge in [0, 0.05) is 12.3 Å². The van der Waals surface area contributed by atoms with E-state index in [4.69, 9.17) is 0 Å². The Morgan fingerprint density at radius 2 is 2.12 bits per heavy atom. The van der Waals surface area contributed by atoms with Gasteiger partial charge in [0.05, 0.1) is 0 Å². The molecule has 1 aromatic rings. The second-order valence-electron chi connectivity index (χ2n) is 5.21. The van der Waals surface area contributed by atoms with Crippen LogP contribution in [0.5, 0.6) is 0 Å². The second kappa shape index (κ2) is 4.82. The largest absolute Gasteiger partial charge is 0.299 e. The molecule has 1 aliphatic carbocycles. The predicted octanol–water partition coefficient (Wildman–Crippen LogP) is 3.72. The second-order valence-corrected chi connectivity index (χ2v) is 5.21. The van der Waals surface area contributed by atoms with Crippen molar-refractivity contribution >= 4 is 5.78 Å². The topological polar surface area (TPSA) is 17.1 Å². The van der Waals surface area contributed by atoms with Crippen LogP contribution in [0.1, 0.15) is 50.2 Å². The van der Waals surface area contributed by atoms with Crippen LogP contribution in [-0.4, -0.2) is 5.78 Å². The molecule has 0 aromatic heterocycles. The summed E-state index contributed by atoms with van der Waals surface area (Å²) >= 11 is 0. The van der Waals surface area contributed by atoms with Gasteiger partial charge in [0.15, 0.2) is 0 Å². The average molecular weight is 216 g/mol. The third-order valence-electron chi connectivity index (χ3n) is 3.45. The van der Waals surface area contributed by atoms with Gasteiger partial charge in [-0.25, -0.2) is 0 Å². The normalized spacial score (nSPS) is 18.1. The molecule has 0 aliphatic heterocycles. The number of benzene rings is 1. The van der Waals surface area contributed by atoms with Gasteiger partial charge in [0.1, 0.15) is 5.78 Å². The Kier molecular flexibility index (Phi) is 3.42. The molecule has 0 amide bonds. The summed E-state index contributed by atoms with van der Waals surface area (Å²) < 4.78 is 0. The van der Waals surface area contributed by atoms with E-state index in [1.165, 1.54) is 17.5 Å². The Labute approximate surface area is 97.9 Å². The third kappa shape index (κ3) is 2.34. The Balaban J connectivity index is 1.85. The molecular weight excluding hydrogens is 196 g/mol. The molecule has 86 valence electrons. The van der Waals surface area contributed by atoms with Crippen molar-refractivity contribution < 1.29 is 4.79 Å². The summed E-state index contributed by atoms with van der Waals surface area (Å²) in [6, 6.07) is 8.32. The van der Waals surface area contributed by atoms with Crippen molar-refractivity contribution in [3.8, 4) is 0 Å². The highest BCUT2D eigenvalue weighted by Crippen LogP contribution is 2.36. The van der Waals surface area contributed by atoms with Crippen LogP contribution < -0.4 is 0 Å². The lowest BCUT2D eigenvalue weighted by atomic mass is 9.74. The van der Waals surface area contributed by atoms with Crippen molar-refractivity contribution in [2.24, 2.45) is 5.92 Å². The van der Waals surface area contributed by atoms with Crippen LogP contribution in [-0.2, 0) is 11.2 Å². The molecule has 0 radical (unpaired) electrons. The first kappa shape index (κ1) is 11.4. The van der Waals surface area contributed by atoms with Gasteiger partial charge in [-0.1, -0.05) is 44.5 Å². The summed E-state index contributed by atoms with van der Waals surface area (Å²) in [5.74, 6) is 1.36. The Bertz CT molecular complexity index is 379. The summed E-state index contributed by atoms with van der Waals surface area (Å²) in [5.41, 5.74) is 2.64. The number of rotatable bonds is 5. The van der Waals surface area contributed by atoms with Crippen LogP contribution in [0, 0.1) is 5.92 Å². The lowest BCUT2D eigenvalue weighted by molar-refractivity contribution is -0.121. The molecule has 1 nitrogen and oxygen atoms in total. The van der Waals surface area contributed by atoms with E-state index in [0.29, 0.717) is 11.7 Å². The van der Waals surface area contributed by atoms with Crippen LogP contribution in [0.15, 0.2) is 24.3 Å². The number of hydrogen-bond donors (Lipinski definition) is 0. The molecule has 0 spiro atoms. The van der Waals surface area contributed by atoms with Gasteiger partial charge in [-0.2, -0.15) is 0 Å². The minimum absolute atomic E-state index is 0.211. The van der Waals surface area contributed by atoms with Crippen molar-refractivity contribution in [2.75, 3.05) is 0 Å². The van der Waals surface area contributed by atoms with E-state index in [-0.39, 0.29) is 5.92 Å². The van der Waals surface area contributed by atoms with Crippen molar-refractivity contribution in [3.05, 3.63) is 35.4 Å². The summed E-state index contributed by atoms with van der Waals surface area (Å²) in [5, 5.41) is 0. The van der Waals surface area contributed by atoms with Gasteiger partial charge in [-0.15, -0.1) is 0 Å². The lowest BCUT2D eigenvalue weighted by Gasteiger charge is -2.28. The summed E-state index contributed by atoms with van der Waals surface area (Å²) in [4.78, 5) is 12.0. The number of fused-ring (bicyclic) bond motifs is 1. The van der Waals surface area contributed by atoms with Gasteiger partial charge >= 0.3 is 0 Å². The first-order valence-electron chi connectivity index (χ1n) is 6.29. The fraction of sp³-hybridized carbons (Fsp3) is 0.533. The Morgan fingerprint density at radius 1 is 1.38 bits per heavy atom. The zero-order chi connectivity index (χ0) is 11.5. The molecular formula is C15H20O. The molecule has 0 bridgehead atoms. The molecule has 0 saturated heterocycles. The van der Waals surface area contributed by atoms with E-state index in [9.17, 15) is 4.79 Å². The Hall–Kier alpha value is -1.11. The molecule has 1 atom stereocenters. The van der Waals surface area contributed by atoms with E-state index >= 15 is 0 Å². The van der Waals surface area contributed by atoms with Crippen LogP contribution in [0.3, 0.4) is 0 Å². The van der Waals surface area contributed by atoms with E-state index in [1.807, 2.05) is 6.07 Å². The Morgan fingerprint density at radius 3 is 2.81 bits per heavy atom. The maximum absolute atomic E-state index is 12.0. The van der Waals surface area contributed by atoms with Crippen LogP contribution in [0.2, 0.25) is 0 Å². The number of ketones is 1. The number of Topliss-reactive ketones (excluding diaryl/α,β-unsaturated/α-hetero) is 1. The first-order valence-corrected chi connectivity index (χ1v) is 6.29. The highest BCUT2D eigenvalue weighted by atomic mass is 16.1. The number of carbonyl (C=O) groups is 1. The molecule has 0 saturated carbocycles. The molecule has 2 rings (SSSR count). The van der Waals surface area contributed by atoms with Crippen molar-refractivity contribution in [1.29, 1.82) is 0 Å². The smallest absolute Gasteiger partial charge is 0.140 e. The summed E-state index contributed by atoms with van der Waals surface area (Å²) in [7, 11) is 0. The van der Waals surface area contributed by atoms with Crippen molar-refractivity contribution in [1.82, 2.24) is 0 Å². The zero-order valence-electron chi connectivity index (χ0n) is 10.2. The molecule has 0 heterocycles. The molecule has 1 aromatic carbocycles. The fourth-order valence-electron chi connectivity index (χ4n) is 2.40. The van der Waals surface area contributed by atoms with Crippen LogP contribution in [0.4, 0.5) is 0 Å². The van der Waals surface area contributed by atoms with Gasteiger partial charge in [0.2, 0.25) is 0 Å². The maximum atomic E-state index is 12.0. The summed E-state index contributed by atoms with van der Waals surface area (Å²) in [6.45, 7) is 4.42. The minimum Gasteiger partial charge on any atom is -0.299 e. The van der Waals surface area contributed by atoms with E-state index in [0.717, 1.165) is 19.3 Å². The quantitative estimate of drug-likeness (QED) is 0.733. The average Bonchev–Trinajstić information content (AvgIpc) is 2.19. The molecule has 1 aliphatic rings. The standard InChI is InChI=1S/C15H20O/c1-11(2)6-5-9-15(16)14-10-12-7-3-4-8-13(12)14/h3-4,7-8,11,14H,5-6,9-10H2,1-2H3. The van der Waals surface area contributed by atoms with Crippen LogP contribution in [0.25, 0.3) is 0 Å². The van der Waals surface area contributed by atoms with Gasteiger partial charge in [-0.3, -0.25) is 4.79 Å². The summed E-state index contributed by atoms with van der Waals surface area (Å²) in [6.07, 6.45) is 3.95.